The predicted octanol–water partition coefficient (Wildman–Crippen LogP) is 3.43. The Kier molecular flexibility index (Phi) is 3.20. The van der Waals surface area contributed by atoms with Gasteiger partial charge in [-0.2, -0.15) is 0 Å². The van der Waals surface area contributed by atoms with Crippen LogP contribution in [0.4, 0.5) is 8.78 Å². The summed E-state index contributed by atoms with van der Waals surface area (Å²) in [5.74, 6) is -1.31. The van der Waals surface area contributed by atoms with Crippen LogP contribution in [0.15, 0.2) is 36.4 Å². The van der Waals surface area contributed by atoms with Gasteiger partial charge in [-0.25, -0.2) is 8.78 Å². The van der Waals surface area contributed by atoms with E-state index >= 15 is 0 Å². The summed E-state index contributed by atoms with van der Waals surface area (Å²) in [5, 5.41) is 8.85. The van der Waals surface area contributed by atoms with Crippen molar-refractivity contribution in [1.82, 2.24) is 0 Å². The smallest absolute Gasteiger partial charge is 0.134 e. The third kappa shape index (κ3) is 2.34. The Morgan fingerprint density at radius 2 is 1.53 bits per heavy atom. The Morgan fingerprint density at radius 1 is 1.00 bits per heavy atom. The van der Waals surface area contributed by atoms with Crippen molar-refractivity contribution in [3.8, 4) is 11.1 Å². The van der Waals surface area contributed by atoms with Crippen LogP contribution in [-0.2, 0) is 6.61 Å². The molecule has 0 fully saturated rings. The van der Waals surface area contributed by atoms with Crippen molar-refractivity contribution in [2.45, 2.75) is 13.5 Å². The SMILES string of the molecule is Cc1ccc(-c2c(F)cc(CO)cc2F)cc1. The molecule has 88 valence electrons. The molecule has 0 heterocycles. The fourth-order valence-corrected chi connectivity index (χ4v) is 1.71. The third-order valence-corrected chi connectivity index (χ3v) is 2.62. The van der Waals surface area contributed by atoms with Crippen molar-refractivity contribution in [1.29, 1.82) is 0 Å². The lowest BCUT2D eigenvalue weighted by Gasteiger charge is -2.07. The summed E-state index contributed by atoms with van der Waals surface area (Å²) in [6.07, 6.45) is 0. The van der Waals surface area contributed by atoms with Gasteiger partial charge < -0.3 is 5.11 Å². The van der Waals surface area contributed by atoms with Crippen LogP contribution in [0.5, 0.6) is 0 Å². The molecule has 17 heavy (non-hydrogen) atoms. The van der Waals surface area contributed by atoms with E-state index in [2.05, 4.69) is 0 Å². The molecular formula is C14H12F2O. The monoisotopic (exact) mass is 234 g/mol. The number of aliphatic hydroxyl groups excluding tert-OH is 1. The first-order chi connectivity index (χ1) is 8.11. The lowest BCUT2D eigenvalue weighted by molar-refractivity contribution is 0.280. The molecule has 3 heteroatoms. The van der Waals surface area contributed by atoms with Crippen molar-refractivity contribution in [2.75, 3.05) is 0 Å². The molecule has 0 amide bonds. The van der Waals surface area contributed by atoms with Gasteiger partial charge in [-0.1, -0.05) is 29.8 Å². The van der Waals surface area contributed by atoms with Gasteiger partial charge in [0.15, 0.2) is 0 Å². The van der Waals surface area contributed by atoms with E-state index in [1.54, 1.807) is 24.3 Å². The van der Waals surface area contributed by atoms with E-state index in [9.17, 15) is 8.78 Å². The maximum atomic E-state index is 13.7. The van der Waals surface area contributed by atoms with E-state index in [0.717, 1.165) is 17.7 Å². The maximum absolute atomic E-state index is 13.7. The Bertz CT molecular complexity index is 509. The van der Waals surface area contributed by atoms with Crippen LogP contribution < -0.4 is 0 Å². The molecule has 2 rings (SSSR count). The van der Waals surface area contributed by atoms with Gasteiger partial charge in [-0.05, 0) is 30.2 Å². The average Bonchev–Trinajstić information content (AvgIpc) is 2.30. The molecule has 1 nitrogen and oxygen atoms in total. The molecule has 0 aliphatic rings. The molecular weight excluding hydrogens is 222 g/mol. The summed E-state index contributed by atoms with van der Waals surface area (Å²) < 4.78 is 27.5. The highest BCUT2D eigenvalue weighted by molar-refractivity contribution is 5.65. The van der Waals surface area contributed by atoms with Gasteiger partial charge in [0.25, 0.3) is 0 Å². The zero-order chi connectivity index (χ0) is 12.4. The fourth-order valence-electron chi connectivity index (χ4n) is 1.71. The lowest BCUT2D eigenvalue weighted by Crippen LogP contribution is -1.94. The van der Waals surface area contributed by atoms with Crippen LogP contribution in [0.1, 0.15) is 11.1 Å². The zero-order valence-corrected chi connectivity index (χ0v) is 9.37. The van der Waals surface area contributed by atoms with Gasteiger partial charge in [0.1, 0.15) is 11.6 Å². The van der Waals surface area contributed by atoms with E-state index < -0.39 is 11.6 Å². The summed E-state index contributed by atoms with van der Waals surface area (Å²) >= 11 is 0. The van der Waals surface area contributed by atoms with E-state index in [-0.39, 0.29) is 17.7 Å². The van der Waals surface area contributed by atoms with Gasteiger partial charge in [0, 0.05) is 0 Å². The molecule has 1 N–H and O–H groups in total. The highest BCUT2D eigenvalue weighted by Gasteiger charge is 2.12. The van der Waals surface area contributed by atoms with Crippen molar-refractivity contribution < 1.29 is 13.9 Å². The van der Waals surface area contributed by atoms with Crippen LogP contribution in [0.25, 0.3) is 11.1 Å². The number of hydrogen-bond acceptors (Lipinski definition) is 1. The van der Waals surface area contributed by atoms with E-state index in [1.807, 2.05) is 6.92 Å². The van der Waals surface area contributed by atoms with Crippen LogP contribution in [-0.4, -0.2) is 5.11 Å². The second kappa shape index (κ2) is 4.63. The molecule has 0 aromatic heterocycles. The number of halogens is 2. The minimum absolute atomic E-state index is 0.0535. The Hall–Kier alpha value is -1.74. The van der Waals surface area contributed by atoms with E-state index in [1.165, 1.54) is 0 Å². The molecule has 0 unspecified atom stereocenters. The highest BCUT2D eigenvalue weighted by Crippen LogP contribution is 2.27. The van der Waals surface area contributed by atoms with Crippen molar-refractivity contribution in [3.63, 3.8) is 0 Å². The summed E-state index contributed by atoms with van der Waals surface area (Å²) in [4.78, 5) is 0. The molecule has 0 spiro atoms. The Labute approximate surface area is 98.3 Å². The quantitative estimate of drug-likeness (QED) is 0.844. The maximum Gasteiger partial charge on any atom is 0.134 e. The summed E-state index contributed by atoms with van der Waals surface area (Å²) in [6, 6.07) is 9.25. The topological polar surface area (TPSA) is 20.2 Å². The van der Waals surface area contributed by atoms with Gasteiger partial charge >= 0.3 is 0 Å². The van der Waals surface area contributed by atoms with Crippen LogP contribution in [0.3, 0.4) is 0 Å². The minimum atomic E-state index is -0.655. The van der Waals surface area contributed by atoms with E-state index in [0.29, 0.717) is 5.56 Å². The molecule has 0 saturated carbocycles. The molecule has 0 atom stereocenters. The third-order valence-electron chi connectivity index (χ3n) is 2.62. The lowest BCUT2D eigenvalue weighted by atomic mass is 10.0. The molecule has 0 aliphatic carbocycles. The van der Waals surface area contributed by atoms with Crippen LogP contribution in [0.2, 0.25) is 0 Å². The minimum Gasteiger partial charge on any atom is -0.392 e. The van der Waals surface area contributed by atoms with Gasteiger partial charge in [0.2, 0.25) is 0 Å². The van der Waals surface area contributed by atoms with Crippen LogP contribution in [0, 0.1) is 18.6 Å². The number of aryl methyl sites for hydroxylation is 1. The zero-order valence-electron chi connectivity index (χ0n) is 9.37. The molecule has 0 aliphatic heterocycles. The van der Waals surface area contributed by atoms with Crippen LogP contribution >= 0.6 is 0 Å². The second-order valence-corrected chi connectivity index (χ2v) is 3.96. The standard InChI is InChI=1S/C14H12F2O/c1-9-2-4-11(5-3-9)14-12(15)6-10(8-17)7-13(14)16/h2-7,17H,8H2,1H3. The normalized spacial score (nSPS) is 10.6. The first-order valence-corrected chi connectivity index (χ1v) is 5.27. The van der Waals surface area contributed by atoms with E-state index in [4.69, 9.17) is 5.11 Å². The van der Waals surface area contributed by atoms with Gasteiger partial charge in [-0.15, -0.1) is 0 Å². The van der Waals surface area contributed by atoms with Crippen molar-refractivity contribution >= 4 is 0 Å². The average molecular weight is 234 g/mol. The molecule has 0 bridgehead atoms. The Morgan fingerprint density at radius 3 is 2.00 bits per heavy atom. The first-order valence-electron chi connectivity index (χ1n) is 5.27. The fraction of sp³-hybridized carbons (Fsp3) is 0.143. The number of aliphatic hydroxyl groups is 1. The second-order valence-electron chi connectivity index (χ2n) is 3.96. The van der Waals surface area contributed by atoms with Gasteiger partial charge in [0.05, 0.1) is 12.2 Å². The predicted molar refractivity (Wildman–Crippen MR) is 62.5 cm³/mol. The number of benzene rings is 2. The summed E-state index contributed by atoms with van der Waals surface area (Å²) in [7, 11) is 0. The highest BCUT2D eigenvalue weighted by atomic mass is 19.1. The van der Waals surface area contributed by atoms with Crippen molar-refractivity contribution in [3.05, 3.63) is 59.2 Å². The molecule has 0 saturated heterocycles. The Balaban J connectivity index is 2.55. The number of hydrogen-bond donors (Lipinski definition) is 1. The molecule has 0 radical (unpaired) electrons. The molecule has 2 aromatic carbocycles. The number of rotatable bonds is 2. The van der Waals surface area contributed by atoms with Crippen molar-refractivity contribution in [2.24, 2.45) is 0 Å². The largest absolute Gasteiger partial charge is 0.392 e. The first kappa shape index (κ1) is 11.7. The summed E-state index contributed by atoms with van der Waals surface area (Å²) in [5.41, 5.74) is 1.70. The molecule has 2 aromatic rings. The van der Waals surface area contributed by atoms with Gasteiger partial charge in [-0.3, -0.25) is 0 Å². The summed E-state index contributed by atoms with van der Waals surface area (Å²) in [6.45, 7) is 1.54.